The van der Waals surface area contributed by atoms with E-state index < -0.39 is 5.69 Å². The number of rotatable bonds is 7. The molecule has 11 nitrogen and oxygen atoms in total. The molecule has 4 aromatic heterocycles. The number of hydrogen-bond acceptors (Lipinski definition) is 8. The van der Waals surface area contributed by atoms with E-state index in [4.69, 9.17) is 9.98 Å². The summed E-state index contributed by atoms with van der Waals surface area (Å²) in [5.74, 6) is -0.333. The van der Waals surface area contributed by atoms with Crippen molar-refractivity contribution in [2.24, 2.45) is 4.99 Å². The first-order valence-electron chi connectivity index (χ1n) is 12.6. The molecule has 2 fully saturated rings. The zero-order chi connectivity index (χ0) is 25.4. The van der Waals surface area contributed by atoms with E-state index in [9.17, 15) is 14.7 Å². The molecule has 12 heteroatoms. The van der Waals surface area contributed by atoms with E-state index in [0.717, 1.165) is 37.4 Å². The Hall–Kier alpha value is -3.77. The zero-order valence-electron chi connectivity index (χ0n) is 20.2. The predicted octanol–water partition coefficient (Wildman–Crippen LogP) is 1.01. The number of fused-ring (bicyclic) bond motifs is 1. The van der Waals surface area contributed by atoms with Gasteiger partial charge < -0.3 is 20.3 Å². The number of nitrogens with one attached hydrogen (secondary N) is 3. The summed E-state index contributed by atoms with van der Waals surface area (Å²) in [5.41, 5.74) is 1.64. The second-order valence-corrected chi connectivity index (χ2v) is 10.6. The lowest BCUT2D eigenvalue weighted by Gasteiger charge is -2.26. The Bertz CT molecular complexity index is 1620. The first kappa shape index (κ1) is 23.6. The summed E-state index contributed by atoms with van der Waals surface area (Å²) >= 11 is 1.39. The van der Waals surface area contributed by atoms with Crippen molar-refractivity contribution in [1.29, 1.82) is 0 Å². The van der Waals surface area contributed by atoms with Crippen LogP contribution in [0.4, 0.5) is 0 Å². The summed E-state index contributed by atoms with van der Waals surface area (Å²) < 4.78 is 1.66. The van der Waals surface area contributed by atoms with Gasteiger partial charge in [-0.25, -0.2) is 9.78 Å². The van der Waals surface area contributed by atoms with Crippen molar-refractivity contribution in [1.82, 2.24) is 34.8 Å². The second kappa shape index (κ2) is 9.94. The van der Waals surface area contributed by atoms with Gasteiger partial charge in [-0.2, -0.15) is 9.61 Å². The molecule has 5 heterocycles. The van der Waals surface area contributed by atoms with Gasteiger partial charge in [0.05, 0.1) is 27.7 Å². The molecule has 0 radical (unpaired) electrons. The summed E-state index contributed by atoms with van der Waals surface area (Å²) in [6.45, 7) is 3.71. The molecule has 1 aliphatic carbocycles. The van der Waals surface area contributed by atoms with Crippen molar-refractivity contribution >= 4 is 29.0 Å². The molecule has 1 saturated carbocycles. The normalized spacial score (nSPS) is 17.6. The topological polar surface area (TPSA) is 144 Å². The molecule has 0 atom stereocenters. The number of imidazole rings is 1. The minimum atomic E-state index is -0.501. The van der Waals surface area contributed by atoms with Crippen LogP contribution in [0.25, 0.3) is 22.3 Å². The highest BCUT2D eigenvalue weighted by molar-refractivity contribution is 7.17. The summed E-state index contributed by atoms with van der Waals surface area (Å²) in [4.78, 5) is 42.7. The number of carbonyl (C=O) groups is 1. The van der Waals surface area contributed by atoms with Gasteiger partial charge in [0.2, 0.25) is 5.88 Å². The van der Waals surface area contributed by atoms with Crippen molar-refractivity contribution in [2.75, 3.05) is 26.2 Å². The van der Waals surface area contributed by atoms with Crippen LogP contribution in [0.5, 0.6) is 5.88 Å². The quantitative estimate of drug-likeness (QED) is 0.286. The van der Waals surface area contributed by atoms with Crippen LogP contribution in [0.1, 0.15) is 47.5 Å². The number of amides is 1. The molecule has 0 spiro atoms. The summed E-state index contributed by atoms with van der Waals surface area (Å²) in [5, 5.41) is 18.1. The lowest BCUT2D eigenvalue weighted by atomic mass is 10.1. The third kappa shape index (κ3) is 5.20. The summed E-state index contributed by atoms with van der Waals surface area (Å²) in [6, 6.07) is 5.89. The maximum absolute atomic E-state index is 12.8. The molecular weight excluding hydrogens is 492 g/mol. The monoisotopic (exact) mass is 520 g/mol. The molecule has 1 amide bonds. The smallest absolute Gasteiger partial charge is 0.326 e. The molecule has 1 aliphatic heterocycles. The van der Waals surface area contributed by atoms with Crippen LogP contribution < -0.4 is 21.7 Å². The van der Waals surface area contributed by atoms with Crippen LogP contribution in [0.3, 0.4) is 0 Å². The van der Waals surface area contributed by atoms with Crippen LogP contribution in [0, 0.1) is 0 Å². The van der Waals surface area contributed by atoms with Gasteiger partial charge in [-0.1, -0.05) is 6.42 Å². The van der Waals surface area contributed by atoms with Gasteiger partial charge in [0.15, 0.2) is 11.1 Å². The second-order valence-electron chi connectivity index (χ2n) is 9.50. The van der Waals surface area contributed by atoms with Crippen molar-refractivity contribution in [3.63, 3.8) is 0 Å². The molecule has 0 bridgehead atoms. The average molecular weight is 521 g/mol. The minimum Gasteiger partial charge on any atom is -0.493 e. The average Bonchev–Trinajstić information content (AvgIpc) is 3.26. The third-order valence-corrected chi connectivity index (χ3v) is 7.73. The minimum absolute atomic E-state index is 0.0810. The molecule has 2 aliphatic rings. The molecule has 4 N–H and O–H groups in total. The standard InChI is InChI=1S/C25H28N8O3S/c34-23-18(30-25(36)31-23)12-15-14-27-33-21(28-16-4-5-16)13-17(29-22(15)33)19-6-7-20(37-19)24(35)26-8-11-32-9-2-1-3-10-32/h6-7,12-14,16,34H,1-5,8-11H2,(H,26,35)(H2,30,31,36)/b15-12+,28-21?. The fourth-order valence-corrected chi connectivity index (χ4v) is 5.40. The first-order valence-corrected chi connectivity index (χ1v) is 13.4. The van der Waals surface area contributed by atoms with Gasteiger partial charge in [-0.05, 0) is 57.0 Å². The fourth-order valence-electron chi connectivity index (χ4n) is 4.52. The Kier molecular flexibility index (Phi) is 6.35. The molecule has 0 unspecified atom stereocenters. The maximum atomic E-state index is 12.8. The third-order valence-electron chi connectivity index (χ3n) is 6.62. The highest BCUT2D eigenvalue weighted by Crippen LogP contribution is 2.27. The van der Waals surface area contributed by atoms with Crippen molar-refractivity contribution in [2.45, 2.75) is 38.1 Å². The number of aromatic amines is 2. The van der Waals surface area contributed by atoms with E-state index in [-0.39, 0.29) is 23.5 Å². The van der Waals surface area contributed by atoms with E-state index in [1.165, 1.54) is 30.6 Å². The van der Waals surface area contributed by atoms with E-state index in [1.54, 1.807) is 16.8 Å². The molecule has 4 aromatic rings. The number of nitrogens with zero attached hydrogens (tertiary/aromatic N) is 5. The van der Waals surface area contributed by atoms with Crippen LogP contribution in [0.15, 0.2) is 34.2 Å². The highest BCUT2D eigenvalue weighted by Gasteiger charge is 2.21. The largest absolute Gasteiger partial charge is 0.493 e. The van der Waals surface area contributed by atoms with Gasteiger partial charge in [0, 0.05) is 24.4 Å². The van der Waals surface area contributed by atoms with Crippen molar-refractivity contribution < 1.29 is 9.90 Å². The Morgan fingerprint density at radius 1 is 1.24 bits per heavy atom. The van der Waals surface area contributed by atoms with Gasteiger partial charge in [0.25, 0.3) is 5.91 Å². The van der Waals surface area contributed by atoms with Crippen LogP contribution in [-0.4, -0.2) is 72.7 Å². The molecule has 37 heavy (non-hydrogen) atoms. The van der Waals surface area contributed by atoms with E-state index in [1.807, 2.05) is 18.2 Å². The van der Waals surface area contributed by atoms with Gasteiger partial charge in [-0.3, -0.25) is 14.8 Å². The van der Waals surface area contributed by atoms with Gasteiger partial charge >= 0.3 is 5.69 Å². The van der Waals surface area contributed by atoms with Crippen molar-refractivity contribution in [3.05, 3.63) is 56.2 Å². The lowest BCUT2D eigenvalue weighted by Crippen LogP contribution is -2.37. The maximum Gasteiger partial charge on any atom is 0.326 e. The zero-order valence-corrected chi connectivity index (χ0v) is 21.1. The Morgan fingerprint density at radius 2 is 2.08 bits per heavy atom. The Morgan fingerprint density at radius 3 is 2.84 bits per heavy atom. The first-order chi connectivity index (χ1) is 18.0. The number of H-pyrrole nitrogens is 2. The number of aromatic hydroxyl groups is 1. The van der Waals surface area contributed by atoms with E-state index in [2.05, 4.69) is 25.3 Å². The van der Waals surface area contributed by atoms with Crippen LogP contribution in [0.2, 0.25) is 0 Å². The number of aromatic nitrogens is 5. The van der Waals surface area contributed by atoms with Crippen LogP contribution >= 0.6 is 11.3 Å². The molecule has 0 aromatic carbocycles. The Balaban J connectivity index is 1.30. The van der Waals surface area contributed by atoms with E-state index >= 15 is 0 Å². The van der Waals surface area contributed by atoms with E-state index in [0.29, 0.717) is 33.5 Å². The number of hydrogen-bond donors (Lipinski definition) is 4. The van der Waals surface area contributed by atoms with Gasteiger partial charge in [-0.15, -0.1) is 11.3 Å². The number of piperidine rings is 1. The molecule has 192 valence electrons. The molecular formula is C25H28N8O3S. The SMILES string of the molecule is O=C(NCCN1CCCCC1)c1ccc(-c2cc(=NC3CC3)n3nc/c(=C\c4[nH]c(=O)[nH]c4O)c3n2)s1. The lowest BCUT2D eigenvalue weighted by molar-refractivity contribution is 0.0950. The summed E-state index contributed by atoms with van der Waals surface area (Å²) in [6.07, 6.45) is 9.08. The molecule has 6 rings (SSSR count). The highest BCUT2D eigenvalue weighted by atomic mass is 32.1. The Labute approximate surface area is 215 Å². The summed E-state index contributed by atoms with van der Waals surface area (Å²) in [7, 11) is 0. The predicted molar refractivity (Wildman–Crippen MR) is 139 cm³/mol. The van der Waals surface area contributed by atoms with Crippen molar-refractivity contribution in [3.8, 4) is 16.5 Å². The number of carbonyl (C=O) groups excluding carboxylic acids is 1. The number of thiophene rings is 1. The molecule has 1 saturated heterocycles. The fraction of sp³-hybridized carbons (Fsp3) is 0.400. The van der Waals surface area contributed by atoms with Gasteiger partial charge in [0.1, 0.15) is 5.69 Å². The number of likely N-dealkylation sites (tertiary alicyclic amines) is 1. The van der Waals surface area contributed by atoms with Crippen LogP contribution in [-0.2, 0) is 0 Å².